The van der Waals surface area contributed by atoms with Gasteiger partial charge in [-0.05, 0) is 30.3 Å². The zero-order chi connectivity index (χ0) is 20.1. The molecule has 0 aliphatic heterocycles. The number of rotatable bonds is 6. The highest BCUT2D eigenvalue weighted by atomic mass is 79.9. The van der Waals surface area contributed by atoms with Crippen molar-refractivity contribution in [3.63, 3.8) is 0 Å². The van der Waals surface area contributed by atoms with Crippen molar-refractivity contribution in [1.29, 1.82) is 0 Å². The van der Waals surface area contributed by atoms with Gasteiger partial charge in [0.2, 0.25) is 11.6 Å². The van der Waals surface area contributed by atoms with E-state index in [2.05, 4.69) is 42.1 Å². The van der Waals surface area contributed by atoms with Crippen molar-refractivity contribution in [2.24, 2.45) is 0 Å². The highest BCUT2D eigenvalue weighted by Crippen LogP contribution is 2.31. The Morgan fingerprint density at radius 2 is 1.86 bits per heavy atom. The topological polar surface area (TPSA) is 122 Å². The van der Waals surface area contributed by atoms with Crippen molar-refractivity contribution in [2.45, 2.75) is 0 Å². The number of nitrogens with zero attached hydrogens (tertiary/aromatic N) is 3. The number of nitrogens with one attached hydrogen (secondary N) is 3. The first-order valence-corrected chi connectivity index (χ1v) is 8.95. The van der Waals surface area contributed by atoms with E-state index >= 15 is 0 Å². The van der Waals surface area contributed by atoms with Crippen LogP contribution in [0.3, 0.4) is 0 Å². The van der Waals surface area contributed by atoms with Gasteiger partial charge >= 0.3 is 5.69 Å². The Balaban J connectivity index is 1.84. The molecule has 1 amide bonds. The summed E-state index contributed by atoms with van der Waals surface area (Å²) >= 11 is 9.30. The molecule has 0 aliphatic rings. The van der Waals surface area contributed by atoms with Gasteiger partial charge in [-0.25, -0.2) is 9.97 Å². The number of carbonyl (C=O) groups excluding carboxylic acids is 1. The molecule has 11 heteroatoms. The number of amides is 1. The van der Waals surface area contributed by atoms with Gasteiger partial charge in [-0.2, -0.15) is 0 Å². The maximum Gasteiger partial charge on any atom is 0.355 e. The van der Waals surface area contributed by atoms with Gasteiger partial charge in [-0.1, -0.05) is 45.7 Å². The van der Waals surface area contributed by atoms with E-state index in [1.54, 1.807) is 36.4 Å². The molecule has 142 valence electrons. The molecule has 9 nitrogen and oxygen atoms in total. The number of anilines is 3. The predicted octanol–water partition coefficient (Wildman–Crippen LogP) is 4.30. The number of hydrogen-bond donors (Lipinski definition) is 3. The van der Waals surface area contributed by atoms with E-state index in [4.69, 9.17) is 11.6 Å². The van der Waals surface area contributed by atoms with Crippen molar-refractivity contribution in [1.82, 2.24) is 15.4 Å². The van der Waals surface area contributed by atoms with Gasteiger partial charge in [-0.15, -0.1) is 0 Å². The Morgan fingerprint density at radius 1 is 1.11 bits per heavy atom. The standard InChI is InChI=1S/C17H12BrClN6O3/c18-10-4-3-5-11(8-10)22-15-14(25(27)28)16(21-9-20-15)23-24-17(26)12-6-1-2-7-13(12)19/h1-9H,(H,24,26)(H2,20,21,22,23). The fraction of sp³-hybridized carbons (Fsp3) is 0. The molecule has 1 heterocycles. The Kier molecular flexibility index (Phi) is 6.02. The molecule has 0 unspecified atom stereocenters. The third-order valence-corrected chi connectivity index (χ3v) is 4.33. The Morgan fingerprint density at radius 3 is 2.57 bits per heavy atom. The van der Waals surface area contributed by atoms with E-state index in [1.807, 2.05) is 6.07 Å². The van der Waals surface area contributed by atoms with Crippen molar-refractivity contribution in [3.8, 4) is 0 Å². The lowest BCUT2D eigenvalue weighted by Gasteiger charge is -2.11. The summed E-state index contributed by atoms with van der Waals surface area (Å²) < 4.78 is 0.791. The highest BCUT2D eigenvalue weighted by Gasteiger charge is 2.24. The lowest BCUT2D eigenvalue weighted by Crippen LogP contribution is -2.30. The molecule has 2 aromatic carbocycles. The largest absolute Gasteiger partial charge is 0.355 e. The fourth-order valence-corrected chi connectivity index (χ4v) is 2.89. The number of hydrogen-bond acceptors (Lipinski definition) is 7. The van der Waals surface area contributed by atoms with Gasteiger partial charge in [-0.3, -0.25) is 25.8 Å². The van der Waals surface area contributed by atoms with Crippen LogP contribution < -0.4 is 16.2 Å². The van der Waals surface area contributed by atoms with Crippen molar-refractivity contribution < 1.29 is 9.72 Å². The van der Waals surface area contributed by atoms with Gasteiger partial charge in [0.15, 0.2) is 0 Å². The van der Waals surface area contributed by atoms with Gasteiger partial charge < -0.3 is 5.32 Å². The molecule has 0 atom stereocenters. The molecule has 0 spiro atoms. The molecule has 3 rings (SSSR count). The average Bonchev–Trinajstić information content (AvgIpc) is 2.66. The van der Waals surface area contributed by atoms with Crippen LogP contribution in [-0.2, 0) is 0 Å². The monoisotopic (exact) mass is 462 g/mol. The summed E-state index contributed by atoms with van der Waals surface area (Å²) in [6, 6.07) is 13.5. The zero-order valence-corrected chi connectivity index (χ0v) is 16.4. The zero-order valence-electron chi connectivity index (χ0n) is 14.0. The smallest absolute Gasteiger partial charge is 0.334 e. The summed E-state index contributed by atoms with van der Waals surface area (Å²) in [5, 5.41) is 14.7. The van der Waals surface area contributed by atoms with Gasteiger partial charge in [0.05, 0.1) is 15.5 Å². The minimum Gasteiger partial charge on any atom is -0.334 e. The Hall–Kier alpha value is -3.24. The van der Waals surface area contributed by atoms with Crippen LogP contribution in [0, 0.1) is 10.1 Å². The van der Waals surface area contributed by atoms with Gasteiger partial charge in [0.1, 0.15) is 6.33 Å². The van der Waals surface area contributed by atoms with Gasteiger partial charge in [0.25, 0.3) is 5.91 Å². The van der Waals surface area contributed by atoms with Crippen LogP contribution >= 0.6 is 27.5 Å². The van der Waals surface area contributed by atoms with E-state index in [9.17, 15) is 14.9 Å². The van der Waals surface area contributed by atoms with Crippen molar-refractivity contribution in [3.05, 3.63) is 80.0 Å². The molecule has 0 bridgehead atoms. The molecule has 3 aromatic rings. The van der Waals surface area contributed by atoms with Crippen LogP contribution in [0.2, 0.25) is 5.02 Å². The van der Waals surface area contributed by atoms with E-state index in [0.29, 0.717) is 5.69 Å². The molecular formula is C17H12BrClN6O3. The van der Waals surface area contributed by atoms with Crippen molar-refractivity contribution >= 4 is 56.4 Å². The van der Waals surface area contributed by atoms with Crippen LogP contribution in [0.4, 0.5) is 23.0 Å². The first-order valence-electron chi connectivity index (χ1n) is 7.78. The number of carbonyl (C=O) groups is 1. The van der Waals surface area contributed by atoms with Crippen LogP contribution in [0.25, 0.3) is 0 Å². The maximum atomic E-state index is 12.2. The fourth-order valence-electron chi connectivity index (χ4n) is 2.27. The van der Waals surface area contributed by atoms with Crippen LogP contribution in [-0.4, -0.2) is 20.8 Å². The van der Waals surface area contributed by atoms with Crippen LogP contribution in [0.1, 0.15) is 10.4 Å². The minimum atomic E-state index is -0.649. The normalized spacial score (nSPS) is 10.2. The number of hydrazine groups is 1. The number of aromatic nitrogens is 2. The van der Waals surface area contributed by atoms with Gasteiger partial charge in [0, 0.05) is 10.2 Å². The van der Waals surface area contributed by atoms with Crippen LogP contribution in [0.15, 0.2) is 59.3 Å². The molecule has 28 heavy (non-hydrogen) atoms. The number of nitro groups is 1. The molecule has 0 saturated carbocycles. The molecule has 0 fully saturated rings. The van der Waals surface area contributed by atoms with E-state index in [-0.39, 0.29) is 22.2 Å². The van der Waals surface area contributed by atoms with E-state index in [0.717, 1.165) is 10.8 Å². The number of benzene rings is 2. The number of halogens is 2. The summed E-state index contributed by atoms with van der Waals surface area (Å²) in [5.41, 5.74) is 5.17. The van der Waals surface area contributed by atoms with E-state index < -0.39 is 16.5 Å². The Bertz CT molecular complexity index is 1050. The van der Waals surface area contributed by atoms with Crippen molar-refractivity contribution in [2.75, 3.05) is 10.7 Å². The highest BCUT2D eigenvalue weighted by molar-refractivity contribution is 9.10. The first kappa shape index (κ1) is 19.5. The second-order valence-electron chi connectivity index (χ2n) is 5.37. The summed E-state index contributed by atoms with van der Waals surface area (Å²) in [6.45, 7) is 0. The van der Waals surface area contributed by atoms with Crippen LogP contribution in [0.5, 0.6) is 0 Å². The quantitative estimate of drug-likeness (QED) is 0.368. The Labute approximate surface area is 172 Å². The molecule has 3 N–H and O–H groups in total. The predicted molar refractivity (Wildman–Crippen MR) is 109 cm³/mol. The maximum absolute atomic E-state index is 12.2. The SMILES string of the molecule is O=C(NNc1ncnc(Nc2cccc(Br)c2)c1[N+](=O)[O-])c1ccccc1Cl. The van der Waals surface area contributed by atoms with E-state index in [1.165, 1.54) is 6.07 Å². The average molecular weight is 464 g/mol. The summed E-state index contributed by atoms with van der Waals surface area (Å²) in [7, 11) is 0. The second kappa shape index (κ2) is 8.63. The summed E-state index contributed by atoms with van der Waals surface area (Å²) in [4.78, 5) is 30.9. The lowest BCUT2D eigenvalue weighted by atomic mass is 10.2. The lowest BCUT2D eigenvalue weighted by molar-refractivity contribution is -0.383. The molecule has 0 aliphatic carbocycles. The first-order chi connectivity index (χ1) is 13.5. The molecule has 1 aromatic heterocycles. The third kappa shape index (κ3) is 4.53. The summed E-state index contributed by atoms with van der Waals surface area (Å²) in [6.07, 6.45) is 1.14. The molecule has 0 saturated heterocycles. The minimum absolute atomic E-state index is 0.0346. The third-order valence-electron chi connectivity index (χ3n) is 3.51. The second-order valence-corrected chi connectivity index (χ2v) is 6.69. The molecule has 0 radical (unpaired) electrons. The molecular weight excluding hydrogens is 452 g/mol. The summed E-state index contributed by atoms with van der Waals surface area (Å²) in [5.74, 6) is -0.787.